The van der Waals surface area contributed by atoms with Crippen molar-refractivity contribution in [2.45, 2.75) is 19.4 Å². The van der Waals surface area contributed by atoms with Crippen molar-refractivity contribution in [2.24, 2.45) is 0 Å². The molecular formula is C22H28N2O5. The number of rotatable bonds is 8. The summed E-state index contributed by atoms with van der Waals surface area (Å²) in [6, 6.07) is 9.42. The molecule has 1 N–H and O–H groups in total. The van der Waals surface area contributed by atoms with Crippen molar-refractivity contribution in [3.8, 4) is 23.0 Å². The van der Waals surface area contributed by atoms with Crippen molar-refractivity contribution in [2.75, 3.05) is 46.8 Å². The average molecular weight is 400 g/mol. The Bertz CT molecular complexity index is 869. The van der Waals surface area contributed by atoms with Gasteiger partial charge in [0.15, 0.2) is 23.0 Å². The SMILES string of the molecule is COc1ccc(NC(=O)CCN2CCc3cc(OC)c(OC)cc3C2)cc1OC. The van der Waals surface area contributed by atoms with Gasteiger partial charge < -0.3 is 24.3 Å². The highest BCUT2D eigenvalue weighted by Crippen LogP contribution is 2.33. The molecule has 0 aliphatic carbocycles. The molecule has 1 aliphatic rings. The van der Waals surface area contributed by atoms with E-state index in [1.807, 2.05) is 6.07 Å². The second kappa shape index (κ2) is 9.52. The van der Waals surface area contributed by atoms with E-state index in [2.05, 4.69) is 16.3 Å². The molecular weight excluding hydrogens is 372 g/mol. The molecule has 0 radical (unpaired) electrons. The average Bonchev–Trinajstić information content (AvgIpc) is 2.76. The Morgan fingerprint density at radius 2 is 1.52 bits per heavy atom. The first-order valence-electron chi connectivity index (χ1n) is 9.56. The summed E-state index contributed by atoms with van der Waals surface area (Å²) in [5, 5.41) is 2.92. The minimum atomic E-state index is -0.0321. The van der Waals surface area contributed by atoms with E-state index in [1.165, 1.54) is 11.1 Å². The number of methoxy groups -OCH3 is 4. The second-order valence-corrected chi connectivity index (χ2v) is 6.87. The lowest BCUT2D eigenvalue weighted by atomic mass is 9.98. The van der Waals surface area contributed by atoms with Crippen molar-refractivity contribution in [3.63, 3.8) is 0 Å². The smallest absolute Gasteiger partial charge is 0.225 e. The normalized spacial score (nSPS) is 13.4. The van der Waals surface area contributed by atoms with Crippen LogP contribution < -0.4 is 24.3 Å². The predicted molar refractivity (Wildman–Crippen MR) is 111 cm³/mol. The van der Waals surface area contributed by atoms with E-state index in [-0.39, 0.29) is 5.91 Å². The Hall–Kier alpha value is -2.93. The monoisotopic (exact) mass is 400 g/mol. The van der Waals surface area contributed by atoms with E-state index in [9.17, 15) is 4.79 Å². The van der Waals surface area contributed by atoms with Crippen LogP contribution >= 0.6 is 0 Å². The van der Waals surface area contributed by atoms with Gasteiger partial charge in [-0.1, -0.05) is 0 Å². The fraction of sp³-hybridized carbons (Fsp3) is 0.409. The molecule has 7 nitrogen and oxygen atoms in total. The van der Waals surface area contributed by atoms with Crippen LogP contribution in [0.4, 0.5) is 5.69 Å². The fourth-order valence-corrected chi connectivity index (χ4v) is 3.53. The van der Waals surface area contributed by atoms with Crippen LogP contribution in [0.5, 0.6) is 23.0 Å². The Morgan fingerprint density at radius 1 is 0.897 bits per heavy atom. The van der Waals surface area contributed by atoms with E-state index < -0.39 is 0 Å². The van der Waals surface area contributed by atoms with Crippen LogP contribution in [-0.2, 0) is 17.8 Å². The quantitative estimate of drug-likeness (QED) is 0.734. The van der Waals surface area contributed by atoms with Gasteiger partial charge in [0.2, 0.25) is 5.91 Å². The molecule has 0 saturated carbocycles. The number of ether oxygens (including phenoxy) is 4. The third kappa shape index (κ3) is 4.92. The van der Waals surface area contributed by atoms with Crippen molar-refractivity contribution in [3.05, 3.63) is 41.5 Å². The molecule has 0 saturated heterocycles. The third-order valence-corrected chi connectivity index (χ3v) is 5.12. The number of anilines is 1. The van der Waals surface area contributed by atoms with E-state index in [0.717, 1.165) is 31.0 Å². The van der Waals surface area contributed by atoms with Gasteiger partial charge in [0.1, 0.15) is 0 Å². The number of fused-ring (bicyclic) bond motifs is 1. The third-order valence-electron chi connectivity index (χ3n) is 5.12. The molecule has 156 valence electrons. The minimum Gasteiger partial charge on any atom is -0.493 e. The number of carbonyl (C=O) groups excluding carboxylic acids is 1. The standard InChI is InChI=1S/C22H28N2O5/c1-26-18-6-5-17(13-21(18)29-4)23-22(25)8-10-24-9-7-15-11-19(27-2)20(28-3)12-16(15)14-24/h5-6,11-13H,7-10,14H2,1-4H3,(H,23,25). The first kappa shape index (κ1) is 20.8. The lowest BCUT2D eigenvalue weighted by Crippen LogP contribution is -2.33. The minimum absolute atomic E-state index is 0.0321. The number of amides is 1. The van der Waals surface area contributed by atoms with Gasteiger partial charge in [-0.25, -0.2) is 0 Å². The number of carbonyl (C=O) groups is 1. The van der Waals surface area contributed by atoms with Crippen molar-refractivity contribution >= 4 is 11.6 Å². The van der Waals surface area contributed by atoms with Crippen LogP contribution in [0, 0.1) is 0 Å². The number of hydrogen-bond acceptors (Lipinski definition) is 6. The molecule has 0 aromatic heterocycles. The highest BCUT2D eigenvalue weighted by molar-refractivity contribution is 5.91. The van der Waals surface area contributed by atoms with Gasteiger partial charge in [-0.3, -0.25) is 9.69 Å². The lowest BCUT2D eigenvalue weighted by Gasteiger charge is -2.29. The van der Waals surface area contributed by atoms with Gasteiger partial charge >= 0.3 is 0 Å². The first-order valence-corrected chi connectivity index (χ1v) is 9.56. The summed E-state index contributed by atoms with van der Waals surface area (Å²) in [6.45, 7) is 2.39. The molecule has 0 atom stereocenters. The summed E-state index contributed by atoms with van der Waals surface area (Å²) >= 11 is 0. The van der Waals surface area contributed by atoms with E-state index in [0.29, 0.717) is 30.2 Å². The van der Waals surface area contributed by atoms with Crippen LogP contribution in [0.25, 0.3) is 0 Å². The van der Waals surface area contributed by atoms with Crippen LogP contribution in [0.1, 0.15) is 17.5 Å². The van der Waals surface area contributed by atoms with E-state index >= 15 is 0 Å². The molecule has 3 rings (SSSR count). The topological polar surface area (TPSA) is 69.3 Å². The van der Waals surface area contributed by atoms with Gasteiger partial charge in [0, 0.05) is 37.8 Å². The second-order valence-electron chi connectivity index (χ2n) is 6.87. The molecule has 0 bridgehead atoms. The Balaban J connectivity index is 1.56. The number of nitrogens with one attached hydrogen (secondary N) is 1. The number of nitrogens with zero attached hydrogens (tertiary/aromatic N) is 1. The zero-order chi connectivity index (χ0) is 20.8. The summed E-state index contributed by atoms with van der Waals surface area (Å²) in [5.41, 5.74) is 3.18. The van der Waals surface area contributed by atoms with Crippen LogP contribution in [-0.4, -0.2) is 52.3 Å². The predicted octanol–water partition coefficient (Wildman–Crippen LogP) is 3.11. The maximum absolute atomic E-state index is 12.4. The zero-order valence-corrected chi connectivity index (χ0v) is 17.4. The molecule has 2 aromatic carbocycles. The summed E-state index contributed by atoms with van der Waals surface area (Å²) in [4.78, 5) is 14.7. The summed E-state index contributed by atoms with van der Waals surface area (Å²) in [7, 11) is 6.44. The molecule has 0 fully saturated rings. The first-order chi connectivity index (χ1) is 14.1. The van der Waals surface area contributed by atoms with Crippen LogP contribution in [0.3, 0.4) is 0 Å². The lowest BCUT2D eigenvalue weighted by molar-refractivity contribution is -0.116. The maximum atomic E-state index is 12.4. The fourth-order valence-electron chi connectivity index (χ4n) is 3.53. The van der Waals surface area contributed by atoms with Crippen LogP contribution in [0.2, 0.25) is 0 Å². The van der Waals surface area contributed by atoms with E-state index in [1.54, 1.807) is 46.6 Å². The summed E-state index contributed by atoms with van der Waals surface area (Å²) in [6.07, 6.45) is 1.34. The van der Waals surface area contributed by atoms with Gasteiger partial charge in [0.05, 0.1) is 28.4 Å². The van der Waals surface area contributed by atoms with Gasteiger partial charge in [-0.15, -0.1) is 0 Å². The molecule has 1 aliphatic heterocycles. The van der Waals surface area contributed by atoms with Gasteiger partial charge in [-0.2, -0.15) is 0 Å². The molecule has 29 heavy (non-hydrogen) atoms. The molecule has 0 unspecified atom stereocenters. The molecule has 1 heterocycles. The zero-order valence-electron chi connectivity index (χ0n) is 17.4. The highest BCUT2D eigenvalue weighted by Gasteiger charge is 2.20. The Kier molecular flexibility index (Phi) is 6.82. The molecule has 1 amide bonds. The van der Waals surface area contributed by atoms with Crippen molar-refractivity contribution < 1.29 is 23.7 Å². The highest BCUT2D eigenvalue weighted by atomic mass is 16.5. The molecule has 7 heteroatoms. The summed E-state index contributed by atoms with van der Waals surface area (Å²) in [5.74, 6) is 2.68. The summed E-state index contributed by atoms with van der Waals surface area (Å²) < 4.78 is 21.3. The largest absolute Gasteiger partial charge is 0.493 e. The molecule has 2 aromatic rings. The van der Waals surface area contributed by atoms with Crippen molar-refractivity contribution in [1.29, 1.82) is 0 Å². The number of benzene rings is 2. The van der Waals surface area contributed by atoms with Gasteiger partial charge in [-0.05, 0) is 41.8 Å². The number of hydrogen-bond donors (Lipinski definition) is 1. The molecule has 0 spiro atoms. The van der Waals surface area contributed by atoms with Gasteiger partial charge in [0.25, 0.3) is 0 Å². The van der Waals surface area contributed by atoms with Crippen molar-refractivity contribution in [1.82, 2.24) is 4.90 Å². The van der Waals surface area contributed by atoms with Crippen LogP contribution in [0.15, 0.2) is 30.3 Å². The Morgan fingerprint density at radius 3 is 2.17 bits per heavy atom. The van der Waals surface area contributed by atoms with E-state index in [4.69, 9.17) is 18.9 Å². The maximum Gasteiger partial charge on any atom is 0.225 e. The Labute approximate surface area is 171 Å².